The fraction of sp³-hybridized carbons (Fsp3) is 0.0750. The quantitative estimate of drug-likeness (QED) is 0.139. The van der Waals surface area contributed by atoms with Crippen molar-refractivity contribution in [3.8, 4) is 78.9 Å². The van der Waals surface area contributed by atoms with Crippen LogP contribution >= 0.6 is 34.3 Å². The summed E-state index contributed by atoms with van der Waals surface area (Å²) in [7, 11) is -0.380. The summed E-state index contributed by atoms with van der Waals surface area (Å²) >= 11 is 10.0. The third-order valence-corrected chi connectivity index (χ3v) is 20.1. The van der Waals surface area contributed by atoms with E-state index in [1.807, 2.05) is 139 Å². The first-order valence-corrected chi connectivity index (χ1v) is 32.6. The maximum Gasteiger partial charge on any atom is 0.494 e. The highest BCUT2D eigenvalue weighted by molar-refractivity contribution is 7.26. The Morgan fingerprint density at radius 2 is 0.663 bits per heavy atom. The Bertz CT molecular complexity index is 5230. The number of hydrogen-bond acceptors (Lipinski definition) is 10. The van der Waals surface area contributed by atoms with Crippen molar-refractivity contribution < 1.29 is 9.31 Å². The Morgan fingerprint density at radius 1 is 0.326 bits per heavy atom. The van der Waals surface area contributed by atoms with Crippen LogP contribution in [0.3, 0.4) is 0 Å². The van der Waals surface area contributed by atoms with Crippen LogP contribution in [0.5, 0.6) is 0 Å². The van der Waals surface area contributed by atoms with Crippen LogP contribution in [0, 0.1) is 0 Å². The molecule has 16 aromatic rings. The number of nitrogens with zero attached hydrogens (tertiary/aromatic N) is 6. The van der Waals surface area contributed by atoms with Crippen molar-refractivity contribution in [3.05, 3.63) is 284 Å². The predicted octanol–water partition coefficient (Wildman–Crippen LogP) is 21.1. The zero-order chi connectivity index (χ0) is 62.3. The minimum atomic E-state index is -0.380. The van der Waals surface area contributed by atoms with Crippen LogP contribution < -0.4 is 5.46 Å². The third-order valence-electron chi connectivity index (χ3n) is 17.2. The number of rotatable bonds is 8. The van der Waals surface area contributed by atoms with E-state index in [9.17, 15) is 0 Å². The summed E-state index contributed by atoms with van der Waals surface area (Å²) in [5, 5.41) is 5.40. The van der Waals surface area contributed by atoms with Gasteiger partial charge in [0.25, 0.3) is 0 Å². The lowest BCUT2D eigenvalue weighted by Gasteiger charge is -2.32. The third kappa shape index (κ3) is 11.4. The van der Waals surface area contributed by atoms with Crippen LogP contribution in [0.2, 0.25) is 5.02 Å². The van der Waals surface area contributed by atoms with E-state index in [1.165, 1.54) is 41.4 Å². The molecule has 0 aliphatic carbocycles. The Morgan fingerprint density at radius 3 is 1.13 bits per heavy atom. The molecule has 1 aliphatic heterocycles. The molecule has 10 aromatic carbocycles. The first-order chi connectivity index (χ1) is 45.0. The largest absolute Gasteiger partial charge is 0.494 e. The minimum absolute atomic E-state index is 0.363. The van der Waals surface area contributed by atoms with Gasteiger partial charge in [-0.3, -0.25) is 0 Å². The first kappa shape index (κ1) is 58.3. The van der Waals surface area contributed by atoms with Crippen LogP contribution in [0.1, 0.15) is 27.7 Å². The first-order valence-electron chi connectivity index (χ1n) is 30.6. The van der Waals surface area contributed by atoms with Gasteiger partial charge in [-0.25, -0.2) is 29.9 Å². The minimum Gasteiger partial charge on any atom is -0.399 e. The van der Waals surface area contributed by atoms with Gasteiger partial charge >= 0.3 is 7.12 Å². The molecule has 92 heavy (non-hydrogen) atoms. The van der Waals surface area contributed by atoms with Gasteiger partial charge in [-0.15, -0.1) is 22.7 Å². The van der Waals surface area contributed by atoms with Crippen LogP contribution in [0.4, 0.5) is 0 Å². The molecule has 442 valence electrons. The zero-order valence-corrected chi connectivity index (χ0v) is 53.2. The van der Waals surface area contributed by atoms with Gasteiger partial charge in [0.15, 0.2) is 11.6 Å². The summed E-state index contributed by atoms with van der Waals surface area (Å²) in [5.41, 5.74) is 16.5. The van der Waals surface area contributed by atoms with Gasteiger partial charge < -0.3 is 9.31 Å². The molecule has 12 heteroatoms. The van der Waals surface area contributed by atoms with Gasteiger partial charge in [-0.1, -0.05) is 254 Å². The molecule has 0 bridgehead atoms. The molecule has 7 heterocycles. The van der Waals surface area contributed by atoms with E-state index in [2.05, 4.69) is 179 Å². The van der Waals surface area contributed by atoms with Gasteiger partial charge in [-0.2, -0.15) is 0 Å². The highest BCUT2D eigenvalue weighted by Gasteiger charge is 2.51. The van der Waals surface area contributed by atoms with Crippen molar-refractivity contribution in [1.29, 1.82) is 0 Å². The number of aromatic nitrogens is 6. The van der Waals surface area contributed by atoms with Crippen LogP contribution in [0.15, 0.2) is 279 Å². The highest BCUT2D eigenvalue weighted by Crippen LogP contribution is 2.44. The second kappa shape index (κ2) is 24.6. The lowest BCUT2D eigenvalue weighted by Crippen LogP contribution is -2.41. The van der Waals surface area contributed by atoms with Crippen molar-refractivity contribution in [2.75, 3.05) is 0 Å². The standard InChI is InChI=1S/C37H23N3S.C28H27BN2O2.C15H8ClNS/c1-3-11-24(12-4-1)31-23-32(40-37(39-31)27-13-5-2-6-14-27)25-19-21-26(22-20-25)34-28-15-7-9-17-30(28)38-35-29-16-8-10-18-33(29)41-36(34)35;1-27(2)28(3,4)33-29(32-27)23-17-15-21(16-18-23)25-19-24(20-11-7-5-8-12-20)30-26(31-25)22-13-9-6-10-14-22;16-13-9-5-1-3-7-11(9)17-14-10-6-2-4-8-12(10)18-15(13)14/h1-23H;5-19H,1-4H3;1-8H. The van der Waals surface area contributed by atoms with Crippen LogP contribution in [-0.4, -0.2) is 48.2 Å². The smallest absolute Gasteiger partial charge is 0.399 e. The number of hydrogen-bond donors (Lipinski definition) is 0. The van der Waals surface area contributed by atoms with Gasteiger partial charge in [0, 0.05) is 69.9 Å². The molecule has 0 saturated carbocycles. The zero-order valence-electron chi connectivity index (χ0n) is 50.8. The summed E-state index contributed by atoms with van der Waals surface area (Å²) in [6, 6.07) is 95.3. The number of pyridine rings is 2. The number of halogens is 1. The Labute approximate surface area is 546 Å². The molecule has 6 aromatic heterocycles. The number of thiophene rings is 2. The lowest BCUT2D eigenvalue weighted by atomic mass is 9.79. The maximum atomic E-state index is 6.52. The Kier molecular flexibility index (Phi) is 15.6. The normalized spacial score (nSPS) is 13.3. The van der Waals surface area contributed by atoms with Crippen LogP contribution in [0.25, 0.3) is 141 Å². The molecule has 0 radical (unpaired) electrons. The molecule has 0 amide bonds. The molecule has 8 nitrogen and oxygen atoms in total. The van der Waals surface area contributed by atoms with Crippen molar-refractivity contribution in [2.24, 2.45) is 0 Å². The second-order valence-electron chi connectivity index (χ2n) is 23.7. The van der Waals surface area contributed by atoms with Crippen molar-refractivity contribution >= 4 is 109 Å². The van der Waals surface area contributed by atoms with E-state index in [4.69, 9.17) is 50.8 Å². The average molecular weight is 1250 g/mol. The Balaban J connectivity index is 0.000000123. The van der Waals surface area contributed by atoms with Gasteiger partial charge in [0.05, 0.1) is 70.5 Å². The summed E-state index contributed by atoms with van der Waals surface area (Å²) in [5.74, 6) is 1.43. The summed E-state index contributed by atoms with van der Waals surface area (Å²) < 4.78 is 17.2. The molecule has 0 atom stereocenters. The molecule has 0 unspecified atom stereocenters. The van der Waals surface area contributed by atoms with Crippen LogP contribution in [-0.2, 0) is 9.31 Å². The monoisotopic (exact) mass is 1240 g/mol. The van der Waals surface area contributed by atoms with Gasteiger partial charge in [0.2, 0.25) is 0 Å². The highest BCUT2D eigenvalue weighted by atomic mass is 35.5. The molecule has 1 aliphatic rings. The van der Waals surface area contributed by atoms with E-state index >= 15 is 0 Å². The number of para-hydroxylation sites is 2. The molecule has 1 saturated heterocycles. The second-order valence-corrected chi connectivity index (χ2v) is 26.2. The van der Waals surface area contributed by atoms with E-state index in [0.29, 0.717) is 5.82 Å². The Hall–Kier alpha value is -10.1. The summed E-state index contributed by atoms with van der Waals surface area (Å²) in [6.07, 6.45) is 0. The number of benzene rings is 10. The fourth-order valence-corrected chi connectivity index (χ4v) is 14.3. The van der Waals surface area contributed by atoms with Gasteiger partial charge in [-0.05, 0) is 75.1 Å². The lowest BCUT2D eigenvalue weighted by molar-refractivity contribution is 0.00578. The summed E-state index contributed by atoms with van der Waals surface area (Å²) in [6.45, 7) is 8.27. The van der Waals surface area contributed by atoms with E-state index < -0.39 is 0 Å². The summed E-state index contributed by atoms with van der Waals surface area (Å²) in [4.78, 5) is 29.5. The molecular weight excluding hydrogens is 1190 g/mol. The SMILES string of the molecule is CC1(C)OB(c2ccc(-c3cc(-c4ccccc4)nc(-c4ccccc4)n3)cc2)OC1(C)C.Clc1c2ccccc2nc2c1sc1ccccc12.c1ccc(-c2cc(-c3ccc(-c4c5ccccc5nc5c4sc4ccccc45)cc3)nc(-c3ccccc3)n2)cc1. The molecular formula is C80H58BClN6O2S2. The maximum absolute atomic E-state index is 6.52. The average Bonchev–Trinajstić information content (AvgIpc) is 1.59. The van der Waals surface area contributed by atoms with Gasteiger partial charge in [0.1, 0.15) is 0 Å². The van der Waals surface area contributed by atoms with Crippen molar-refractivity contribution in [2.45, 2.75) is 38.9 Å². The molecule has 0 spiro atoms. The fourth-order valence-electron chi connectivity index (χ4n) is 11.6. The van der Waals surface area contributed by atoms with E-state index in [-0.39, 0.29) is 18.3 Å². The van der Waals surface area contributed by atoms with Crippen molar-refractivity contribution in [1.82, 2.24) is 29.9 Å². The molecule has 1 fully saturated rings. The van der Waals surface area contributed by atoms with E-state index in [0.717, 1.165) is 105 Å². The topological polar surface area (TPSA) is 95.8 Å². The molecule has 17 rings (SSSR count). The number of fused-ring (bicyclic) bond motifs is 8. The van der Waals surface area contributed by atoms with E-state index in [1.54, 1.807) is 11.3 Å². The molecule has 0 N–H and O–H groups in total. The predicted molar refractivity (Wildman–Crippen MR) is 386 cm³/mol. The van der Waals surface area contributed by atoms with Crippen molar-refractivity contribution in [3.63, 3.8) is 0 Å².